The normalized spacial score (nSPS) is 11.7. The maximum Gasteiger partial charge on any atom is 0.233 e. The van der Waals surface area contributed by atoms with Gasteiger partial charge in [0.15, 0.2) is 4.34 Å². The fourth-order valence-corrected chi connectivity index (χ4v) is 5.60. The predicted molar refractivity (Wildman–Crippen MR) is 98.9 cm³/mol. The minimum Gasteiger partial charge on any atom is -0.284 e. The topological polar surface area (TPSA) is 59.1 Å². The Labute approximate surface area is 144 Å². The van der Waals surface area contributed by atoms with Gasteiger partial charge in [-0.3, -0.25) is 4.72 Å². The number of anilines is 1. The van der Waals surface area contributed by atoms with E-state index < -0.39 is 10.0 Å². The van der Waals surface area contributed by atoms with Crippen LogP contribution < -0.4 is 4.72 Å². The number of benzene rings is 2. The monoisotopic (exact) mass is 364 g/mol. The smallest absolute Gasteiger partial charge is 0.233 e. The van der Waals surface area contributed by atoms with Crippen LogP contribution in [0.3, 0.4) is 0 Å². The van der Waals surface area contributed by atoms with E-state index in [1.807, 2.05) is 43.3 Å². The van der Waals surface area contributed by atoms with Gasteiger partial charge < -0.3 is 0 Å². The number of para-hydroxylation sites is 1. The molecule has 120 valence electrons. The molecule has 2 aromatic carbocycles. The molecule has 0 spiro atoms. The molecule has 0 fully saturated rings. The van der Waals surface area contributed by atoms with Crippen LogP contribution in [-0.4, -0.2) is 24.9 Å². The van der Waals surface area contributed by atoms with Gasteiger partial charge in [-0.05, 0) is 31.2 Å². The molecule has 0 amide bonds. The first-order chi connectivity index (χ1) is 11.0. The lowest BCUT2D eigenvalue weighted by Gasteiger charge is -2.07. The average Bonchev–Trinajstić information content (AvgIpc) is 2.92. The maximum absolute atomic E-state index is 12.1. The van der Waals surface area contributed by atoms with Crippen molar-refractivity contribution in [3.63, 3.8) is 0 Å². The second kappa shape index (κ2) is 6.90. The maximum atomic E-state index is 12.1. The van der Waals surface area contributed by atoms with E-state index in [4.69, 9.17) is 0 Å². The summed E-state index contributed by atoms with van der Waals surface area (Å²) in [6.07, 6.45) is 0. The number of sulfonamides is 1. The van der Waals surface area contributed by atoms with Gasteiger partial charge in [-0.1, -0.05) is 41.6 Å². The largest absolute Gasteiger partial charge is 0.284 e. The zero-order chi connectivity index (χ0) is 16.3. The Morgan fingerprint density at radius 3 is 2.61 bits per heavy atom. The summed E-state index contributed by atoms with van der Waals surface area (Å²) in [7, 11) is -3.34. The van der Waals surface area contributed by atoms with Crippen LogP contribution in [-0.2, 0) is 10.0 Å². The second-order valence-corrected chi connectivity index (χ2v) is 9.30. The Kier molecular flexibility index (Phi) is 4.89. The van der Waals surface area contributed by atoms with Crippen LogP contribution in [0.4, 0.5) is 5.69 Å². The molecule has 0 saturated heterocycles. The van der Waals surface area contributed by atoms with Crippen LogP contribution in [0, 0.1) is 6.92 Å². The number of nitrogens with one attached hydrogen (secondary N) is 1. The van der Waals surface area contributed by atoms with E-state index in [1.165, 1.54) is 11.8 Å². The zero-order valence-corrected chi connectivity index (χ0v) is 15.0. The molecule has 0 bridgehead atoms. The molecule has 4 nitrogen and oxygen atoms in total. The lowest BCUT2D eigenvalue weighted by atomic mass is 10.2. The highest BCUT2D eigenvalue weighted by Gasteiger charge is 2.12. The number of aryl methyl sites for hydroxylation is 1. The Bertz CT molecular complexity index is 869. The van der Waals surface area contributed by atoms with Gasteiger partial charge in [0.1, 0.15) is 0 Å². The summed E-state index contributed by atoms with van der Waals surface area (Å²) in [5.41, 5.74) is 2.65. The quantitative estimate of drug-likeness (QED) is 0.668. The third-order valence-corrected chi connectivity index (χ3v) is 6.90. The van der Waals surface area contributed by atoms with Crippen molar-refractivity contribution in [3.05, 3.63) is 54.1 Å². The molecule has 1 heterocycles. The first kappa shape index (κ1) is 16.3. The Balaban J connectivity index is 1.57. The van der Waals surface area contributed by atoms with Crippen molar-refractivity contribution in [2.24, 2.45) is 0 Å². The van der Waals surface area contributed by atoms with E-state index in [-0.39, 0.29) is 5.75 Å². The number of aromatic nitrogens is 1. The average molecular weight is 365 g/mol. The highest BCUT2D eigenvalue weighted by atomic mass is 32.2. The lowest BCUT2D eigenvalue weighted by molar-refractivity contribution is 0.602. The number of thioether (sulfide) groups is 1. The Morgan fingerprint density at radius 1 is 1.13 bits per heavy atom. The van der Waals surface area contributed by atoms with Crippen LogP contribution in [0.5, 0.6) is 0 Å². The van der Waals surface area contributed by atoms with E-state index in [9.17, 15) is 8.42 Å². The van der Waals surface area contributed by atoms with Gasteiger partial charge in [0.05, 0.1) is 16.0 Å². The van der Waals surface area contributed by atoms with Crippen molar-refractivity contribution in [2.45, 2.75) is 11.3 Å². The molecule has 0 aliphatic heterocycles. The molecular weight excluding hydrogens is 348 g/mol. The highest BCUT2D eigenvalue weighted by Crippen LogP contribution is 2.29. The third-order valence-electron chi connectivity index (χ3n) is 3.18. The molecule has 3 rings (SSSR count). The number of hydrogen-bond donors (Lipinski definition) is 1. The van der Waals surface area contributed by atoms with Gasteiger partial charge in [-0.2, -0.15) is 0 Å². The van der Waals surface area contributed by atoms with Gasteiger partial charge in [0, 0.05) is 11.4 Å². The molecule has 0 aliphatic rings. The van der Waals surface area contributed by atoms with E-state index in [0.717, 1.165) is 20.1 Å². The molecular formula is C16H16N2O2S3. The summed E-state index contributed by atoms with van der Waals surface area (Å²) < 4.78 is 28.8. The van der Waals surface area contributed by atoms with Crippen molar-refractivity contribution < 1.29 is 8.42 Å². The summed E-state index contributed by atoms with van der Waals surface area (Å²) in [5, 5.41) is 0. The van der Waals surface area contributed by atoms with Crippen LogP contribution in [0.15, 0.2) is 52.9 Å². The lowest BCUT2D eigenvalue weighted by Crippen LogP contribution is -2.18. The Morgan fingerprint density at radius 2 is 1.87 bits per heavy atom. The minimum atomic E-state index is -3.34. The van der Waals surface area contributed by atoms with E-state index in [0.29, 0.717) is 11.4 Å². The van der Waals surface area contributed by atoms with Gasteiger partial charge in [-0.25, -0.2) is 13.4 Å². The predicted octanol–water partition coefficient (Wildman–Crippen LogP) is 4.14. The molecule has 0 radical (unpaired) electrons. The summed E-state index contributed by atoms with van der Waals surface area (Å²) in [5.74, 6) is 0.530. The number of rotatable bonds is 6. The van der Waals surface area contributed by atoms with Crippen molar-refractivity contribution in [3.8, 4) is 0 Å². The molecule has 23 heavy (non-hydrogen) atoms. The van der Waals surface area contributed by atoms with Gasteiger partial charge in [-0.15, -0.1) is 11.3 Å². The zero-order valence-electron chi connectivity index (χ0n) is 12.5. The fraction of sp³-hybridized carbons (Fsp3) is 0.188. The SMILES string of the molecule is Cc1ccc(NS(=O)(=O)CCSc2nc3ccccc3s2)cc1. The van der Waals surface area contributed by atoms with E-state index in [2.05, 4.69) is 9.71 Å². The fourth-order valence-electron chi connectivity index (χ4n) is 2.00. The molecule has 0 atom stereocenters. The molecule has 0 unspecified atom stereocenters. The van der Waals surface area contributed by atoms with Crippen LogP contribution >= 0.6 is 23.1 Å². The number of thiazole rings is 1. The summed E-state index contributed by atoms with van der Waals surface area (Å²) >= 11 is 3.06. The Hall–Kier alpha value is -1.57. The van der Waals surface area contributed by atoms with E-state index >= 15 is 0 Å². The summed E-state index contributed by atoms with van der Waals surface area (Å²) in [4.78, 5) is 4.49. The number of hydrogen-bond acceptors (Lipinski definition) is 5. The van der Waals surface area contributed by atoms with Crippen molar-refractivity contribution in [1.82, 2.24) is 4.98 Å². The van der Waals surface area contributed by atoms with Crippen molar-refractivity contribution >= 4 is 49.0 Å². The standard InChI is InChI=1S/C16H16N2O2S3/c1-12-6-8-13(9-7-12)18-23(19,20)11-10-21-16-17-14-4-2-3-5-15(14)22-16/h2-9,18H,10-11H2,1H3. The van der Waals surface area contributed by atoms with Crippen molar-refractivity contribution in [2.75, 3.05) is 16.2 Å². The van der Waals surface area contributed by atoms with Crippen molar-refractivity contribution in [1.29, 1.82) is 0 Å². The molecule has 0 aliphatic carbocycles. The van der Waals surface area contributed by atoms with Crippen LogP contribution in [0.25, 0.3) is 10.2 Å². The highest BCUT2D eigenvalue weighted by molar-refractivity contribution is 8.02. The third kappa shape index (κ3) is 4.46. The molecule has 7 heteroatoms. The van der Waals surface area contributed by atoms with Gasteiger partial charge >= 0.3 is 0 Å². The van der Waals surface area contributed by atoms with Crippen LogP contribution in [0.1, 0.15) is 5.56 Å². The van der Waals surface area contributed by atoms with E-state index in [1.54, 1.807) is 23.5 Å². The molecule has 1 aromatic heterocycles. The summed E-state index contributed by atoms with van der Waals surface area (Å²) in [6, 6.07) is 15.2. The van der Waals surface area contributed by atoms with Gasteiger partial charge in [0.25, 0.3) is 0 Å². The summed E-state index contributed by atoms with van der Waals surface area (Å²) in [6.45, 7) is 1.97. The number of nitrogens with zero attached hydrogens (tertiary/aromatic N) is 1. The van der Waals surface area contributed by atoms with Crippen LogP contribution in [0.2, 0.25) is 0 Å². The number of fused-ring (bicyclic) bond motifs is 1. The first-order valence-electron chi connectivity index (χ1n) is 7.07. The molecule has 3 aromatic rings. The minimum absolute atomic E-state index is 0.0570. The molecule has 0 saturated carbocycles. The van der Waals surface area contributed by atoms with Gasteiger partial charge in [0.2, 0.25) is 10.0 Å². The second-order valence-electron chi connectivity index (χ2n) is 5.08. The molecule has 1 N–H and O–H groups in total. The first-order valence-corrected chi connectivity index (χ1v) is 10.5.